The summed E-state index contributed by atoms with van der Waals surface area (Å²) < 4.78 is 8.96. The molecule has 3 heteroatoms. The number of fused-ring (bicyclic) bond motifs is 7. The minimum atomic E-state index is -0.272. The molecule has 0 saturated carbocycles. The van der Waals surface area contributed by atoms with Crippen LogP contribution in [0.3, 0.4) is 0 Å². The van der Waals surface area contributed by atoms with E-state index in [4.69, 9.17) is 4.42 Å². The molecule has 0 unspecified atom stereocenters. The highest BCUT2D eigenvalue weighted by Crippen LogP contribution is 2.53. The van der Waals surface area contributed by atoms with Crippen molar-refractivity contribution in [2.24, 2.45) is 0 Å². The predicted molar refractivity (Wildman–Crippen MR) is 300 cm³/mol. The van der Waals surface area contributed by atoms with Crippen LogP contribution in [-0.2, 0) is 11.8 Å². The molecule has 72 heavy (non-hydrogen) atoms. The molecule has 13 aromatic rings. The van der Waals surface area contributed by atoms with Crippen molar-refractivity contribution in [3.05, 3.63) is 289 Å². The molecule has 0 saturated heterocycles. The second kappa shape index (κ2) is 17.0. The van der Waals surface area contributed by atoms with Gasteiger partial charge in [0.05, 0.1) is 11.0 Å². The van der Waals surface area contributed by atoms with E-state index in [0.29, 0.717) is 0 Å². The van der Waals surface area contributed by atoms with Gasteiger partial charge in [0, 0.05) is 55.3 Å². The van der Waals surface area contributed by atoms with Gasteiger partial charge in [-0.25, -0.2) is 0 Å². The van der Waals surface area contributed by atoms with Gasteiger partial charge in [-0.1, -0.05) is 200 Å². The third-order valence-electron chi connectivity index (χ3n) is 15.3. The predicted octanol–water partition coefficient (Wildman–Crippen LogP) is 18.4. The summed E-state index contributed by atoms with van der Waals surface area (Å²) in [7, 11) is 0. The minimum absolute atomic E-state index is 0.272. The lowest BCUT2D eigenvalue weighted by Crippen LogP contribution is -2.26. The maximum absolute atomic E-state index is 6.57. The van der Waals surface area contributed by atoms with Gasteiger partial charge in [-0.05, 0) is 130 Å². The highest BCUT2D eigenvalue weighted by Gasteiger charge is 2.43. The number of anilines is 3. The number of furan rings is 1. The number of para-hydroxylation sites is 3. The van der Waals surface area contributed by atoms with E-state index in [2.05, 4.69) is 276 Å². The van der Waals surface area contributed by atoms with E-state index in [-0.39, 0.29) is 5.41 Å². The average Bonchev–Trinajstić information content (AvgIpc) is 4.15. The Bertz CT molecular complexity index is 4080. The molecule has 340 valence electrons. The molecule has 0 fully saturated rings. The molecule has 0 atom stereocenters. The Balaban J connectivity index is 0.889. The lowest BCUT2D eigenvalue weighted by atomic mass is 9.70. The molecule has 0 amide bonds. The van der Waals surface area contributed by atoms with Gasteiger partial charge < -0.3 is 13.9 Å². The van der Waals surface area contributed by atoms with Crippen molar-refractivity contribution < 1.29 is 4.42 Å². The largest absolute Gasteiger partial charge is 0.455 e. The molecule has 0 spiro atoms. The first kappa shape index (κ1) is 41.8. The summed E-state index contributed by atoms with van der Waals surface area (Å²) in [6.07, 6.45) is 1.93. The van der Waals surface area contributed by atoms with Crippen LogP contribution in [0.2, 0.25) is 0 Å². The Morgan fingerprint density at radius 3 is 1.64 bits per heavy atom. The van der Waals surface area contributed by atoms with E-state index in [0.717, 1.165) is 74.1 Å². The van der Waals surface area contributed by atoms with Crippen LogP contribution >= 0.6 is 0 Å². The minimum Gasteiger partial charge on any atom is -0.455 e. The molecular weight excluding hydrogens is 873 g/mol. The Labute approximate surface area is 419 Å². The van der Waals surface area contributed by atoms with Crippen LogP contribution in [0.15, 0.2) is 271 Å². The highest BCUT2D eigenvalue weighted by atomic mass is 16.3. The van der Waals surface area contributed by atoms with E-state index >= 15 is 0 Å². The molecule has 2 aromatic heterocycles. The monoisotopic (exact) mass is 920 g/mol. The Morgan fingerprint density at radius 2 is 0.944 bits per heavy atom. The fourth-order valence-corrected chi connectivity index (χ4v) is 12.0. The first-order valence-electron chi connectivity index (χ1n) is 25.0. The van der Waals surface area contributed by atoms with Crippen molar-refractivity contribution in [3.8, 4) is 39.1 Å². The van der Waals surface area contributed by atoms with Crippen LogP contribution in [-0.4, -0.2) is 4.57 Å². The van der Waals surface area contributed by atoms with Crippen LogP contribution in [0, 0.1) is 0 Å². The number of aromatic nitrogens is 1. The zero-order valence-electron chi connectivity index (χ0n) is 39.6. The standard InChI is InChI=1S/C69H48N2O/c1-5-17-49(18-6-1)57-26-15-27-60-62-45-50(36-42-67(62)72-68(57)60)47-31-37-55(38-32-47)70(65-30-16-28-63-61(65)43-44-69(63,52-19-7-2-8-20-52)53-21-9-3-10-22-53)56-39-33-48(34-40-56)51-35-41-59-58-25-13-14-29-64(58)71(66(59)46-51)54-23-11-4-12-24-54/h1-42,45-46H,43-44H2. The van der Waals surface area contributed by atoms with Crippen molar-refractivity contribution in [2.45, 2.75) is 18.3 Å². The van der Waals surface area contributed by atoms with E-state index in [1.165, 1.54) is 60.9 Å². The van der Waals surface area contributed by atoms with Crippen molar-refractivity contribution in [1.29, 1.82) is 0 Å². The van der Waals surface area contributed by atoms with Crippen molar-refractivity contribution >= 4 is 60.8 Å². The van der Waals surface area contributed by atoms with Gasteiger partial charge >= 0.3 is 0 Å². The SMILES string of the molecule is c1ccc(-c2cccc3c2oc2ccc(-c4ccc(N(c5ccc(-c6ccc7c8ccccc8n(-c8ccccc8)c7c6)cc5)c5cccc6c5CCC6(c5ccccc5)c5ccccc5)cc4)cc23)cc1. The highest BCUT2D eigenvalue weighted by molar-refractivity contribution is 6.11. The summed E-state index contributed by atoms with van der Waals surface area (Å²) in [6, 6.07) is 97.5. The summed E-state index contributed by atoms with van der Waals surface area (Å²) in [4.78, 5) is 2.48. The quantitative estimate of drug-likeness (QED) is 0.144. The fourth-order valence-electron chi connectivity index (χ4n) is 12.0. The van der Waals surface area contributed by atoms with Crippen LogP contribution in [0.4, 0.5) is 17.1 Å². The smallest absolute Gasteiger partial charge is 0.143 e. The van der Waals surface area contributed by atoms with Crippen molar-refractivity contribution in [2.75, 3.05) is 4.90 Å². The van der Waals surface area contributed by atoms with Crippen LogP contribution in [0.1, 0.15) is 28.7 Å². The van der Waals surface area contributed by atoms with Gasteiger partial charge in [0.25, 0.3) is 0 Å². The normalized spacial score (nSPS) is 13.0. The zero-order chi connectivity index (χ0) is 47.6. The van der Waals surface area contributed by atoms with E-state index in [9.17, 15) is 0 Å². The van der Waals surface area contributed by atoms with Crippen LogP contribution < -0.4 is 4.90 Å². The number of benzene rings is 11. The number of nitrogens with zero attached hydrogens (tertiary/aromatic N) is 2. The number of hydrogen-bond acceptors (Lipinski definition) is 2. The van der Waals surface area contributed by atoms with E-state index in [1.54, 1.807) is 0 Å². The van der Waals surface area contributed by atoms with Crippen molar-refractivity contribution in [1.82, 2.24) is 4.57 Å². The number of rotatable bonds is 9. The van der Waals surface area contributed by atoms with Crippen molar-refractivity contribution in [3.63, 3.8) is 0 Å². The first-order chi connectivity index (χ1) is 35.7. The molecule has 0 bridgehead atoms. The van der Waals surface area contributed by atoms with E-state index < -0.39 is 0 Å². The third-order valence-corrected chi connectivity index (χ3v) is 15.3. The summed E-state index contributed by atoms with van der Waals surface area (Å²) in [6.45, 7) is 0. The van der Waals surface area contributed by atoms with Gasteiger partial charge in [0.1, 0.15) is 11.2 Å². The molecule has 1 aliphatic rings. The maximum Gasteiger partial charge on any atom is 0.143 e. The van der Waals surface area contributed by atoms with Gasteiger partial charge in [0.15, 0.2) is 0 Å². The van der Waals surface area contributed by atoms with Gasteiger partial charge in [0.2, 0.25) is 0 Å². The molecule has 11 aromatic carbocycles. The van der Waals surface area contributed by atoms with Gasteiger partial charge in [-0.15, -0.1) is 0 Å². The molecule has 1 aliphatic carbocycles. The van der Waals surface area contributed by atoms with Gasteiger partial charge in [-0.3, -0.25) is 0 Å². The van der Waals surface area contributed by atoms with E-state index in [1.807, 2.05) is 0 Å². The Kier molecular flexibility index (Phi) is 9.89. The third kappa shape index (κ3) is 6.73. The lowest BCUT2D eigenvalue weighted by Gasteiger charge is -2.33. The second-order valence-electron chi connectivity index (χ2n) is 19.2. The maximum atomic E-state index is 6.57. The average molecular weight is 921 g/mol. The molecular formula is C69H48N2O. The Morgan fingerprint density at radius 1 is 0.389 bits per heavy atom. The molecule has 0 radical (unpaired) electrons. The first-order valence-corrected chi connectivity index (χ1v) is 25.0. The molecule has 0 N–H and O–H groups in total. The topological polar surface area (TPSA) is 21.3 Å². The Hall–Kier alpha value is -9.18. The summed E-state index contributed by atoms with van der Waals surface area (Å²) >= 11 is 0. The molecule has 14 rings (SSSR count). The molecule has 3 nitrogen and oxygen atoms in total. The summed E-state index contributed by atoms with van der Waals surface area (Å²) in [5, 5.41) is 4.75. The fraction of sp³-hybridized carbons (Fsp3) is 0.0435. The van der Waals surface area contributed by atoms with Crippen LogP contribution in [0.25, 0.3) is 82.8 Å². The lowest BCUT2D eigenvalue weighted by molar-refractivity contribution is 0.610. The molecule has 2 heterocycles. The van der Waals surface area contributed by atoms with Crippen LogP contribution in [0.5, 0.6) is 0 Å². The number of hydrogen-bond donors (Lipinski definition) is 0. The molecule has 0 aliphatic heterocycles. The second-order valence-corrected chi connectivity index (χ2v) is 19.2. The zero-order valence-corrected chi connectivity index (χ0v) is 39.6. The summed E-state index contributed by atoms with van der Waals surface area (Å²) in [5.74, 6) is 0. The van der Waals surface area contributed by atoms with Gasteiger partial charge in [-0.2, -0.15) is 0 Å². The summed E-state index contributed by atoms with van der Waals surface area (Å²) in [5.41, 5.74) is 20.8.